The van der Waals surface area contributed by atoms with Crippen LogP contribution in [0.1, 0.15) is 12.1 Å². The number of hydrogen-bond acceptors (Lipinski definition) is 3. The molecular formula is C15H18N2O3. The van der Waals surface area contributed by atoms with Gasteiger partial charge in [0, 0.05) is 30.1 Å². The third-order valence-electron chi connectivity index (χ3n) is 2.95. The average molecular weight is 274 g/mol. The van der Waals surface area contributed by atoms with Crippen molar-refractivity contribution in [3.63, 3.8) is 0 Å². The highest BCUT2D eigenvalue weighted by Crippen LogP contribution is 2.29. The Morgan fingerprint density at radius 2 is 2.00 bits per heavy atom. The van der Waals surface area contributed by atoms with Crippen LogP contribution in [0, 0.1) is 0 Å². The number of carbonyl (C=O) groups excluding carboxylic acids is 1. The fraction of sp³-hybridized carbons (Fsp3) is 0.267. The zero-order valence-corrected chi connectivity index (χ0v) is 11.6. The first-order valence-electron chi connectivity index (χ1n) is 6.37. The van der Waals surface area contributed by atoms with Crippen LogP contribution in [0.15, 0.2) is 36.5 Å². The van der Waals surface area contributed by atoms with E-state index in [9.17, 15) is 4.79 Å². The monoisotopic (exact) mass is 274 g/mol. The van der Waals surface area contributed by atoms with Crippen LogP contribution in [-0.2, 0) is 11.2 Å². The Balaban J connectivity index is 1.93. The van der Waals surface area contributed by atoms with Gasteiger partial charge in [-0.2, -0.15) is 0 Å². The number of benzene rings is 1. The van der Waals surface area contributed by atoms with E-state index < -0.39 is 0 Å². The Hall–Kier alpha value is -2.43. The van der Waals surface area contributed by atoms with Crippen LogP contribution in [0.25, 0.3) is 0 Å². The number of ether oxygens (including phenoxy) is 2. The van der Waals surface area contributed by atoms with Crippen molar-refractivity contribution < 1.29 is 14.3 Å². The number of methoxy groups -OCH3 is 2. The maximum absolute atomic E-state index is 11.9. The second kappa shape index (κ2) is 6.65. The van der Waals surface area contributed by atoms with Gasteiger partial charge in [-0.25, -0.2) is 0 Å². The highest BCUT2D eigenvalue weighted by atomic mass is 16.5. The van der Waals surface area contributed by atoms with Crippen LogP contribution in [0.3, 0.4) is 0 Å². The smallest absolute Gasteiger partial charge is 0.224 e. The molecule has 0 bridgehead atoms. The van der Waals surface area contributed by atoms with Gasteiger partial charge in [0.25, 0.3) is 0 Å². The Morgan fingerprint density at radius 3 is 2.65 bits per heavy atom. The highest BCUT2D eigenvalue weighted by Gasteiger charge is 2.07. The molecule has 0 radical (unpaired) electrons. The summed E-state index contributed by atoms with van der Waals surface area (Å²) < 4.78 is 10.3. The number of aryl methyl sites for hydroxylation is 1. The van der Waals surface area contributed by atoms with Gasteiger partial charge in [0.1, 0.15) is 0 Å². The second-order valence-corrected chi connectivity index (χ2v) is 4.31. The Morgan fingerprint density at radius 1 is 1.20 bits per heavy atom. The lowest BCUT2D eigenvalue weighted by molar-refractivity contribution is -0.116. The molecule has 1 aromatic heterocycles. The van der Waals surface area contributed by atoms with Crippen molar-refractivity contribution in [3.05, 3.63) is 42.2 Å². The summed E-state index contributed by atoms with van der Waals surface area (Å²) in [5.41, 5.74) is 1.74. The second-order valence-electron chi connectivity index (χ2n) is 4.31. The van der Waals surface area contributed by atoms with Crippen molar-refractivity contribution >= 4 is 11.6 Å². The maximum atomic E-state index is 11.9. The number of carbonyl (C=O) groups is 1. The number of hydrogen-bond donors (Lipinski definition) is 2. The first-order chi connectivity index (χ1) is 9.72. The molecule has 20 heavy (non-hydrogen) atoms. The molecule has 0 saturated heterocycles. The van der Waals surface area contributed by atoms with E-state index in [4.69, 9.17) is 9.47 Å². The molecule has 1 aromatic carbocycles. The quantitative estimate of drug-likeness (QED) is 0.851. The summed E-state index contributed by atoms with van der Waals surface area (Å²) in [7, 11) is 3.14. The van der Waals surface area contributed by atoms with E-state index in [1.807, 2.05) is 18.3 Å². The molecule has 1 amide bonds. The number of aromatic amines is 1. The summed E-state index contributed by atoms with van der Waals surface area (Å²) in [6.45, 7) is 0. The summed E-state index contributed by atoms with van der Waals surface area (Å²) in [5.74, 6) is 1.19. The lowest BCUT2D eigenvalue weighted by atomic mass is 10.2. The molecule has 0 unspecified atom stereocenters. The van der Waals surface area contributed by atoms with Gasteiger partial charge in [-0.05, 0) is 30.7 Å². The van der Waals surface area contributed by atoms with E-state index in [2.05, 4.69) is 10.3 Å². The minimum atomic E-state index is -0.0354. The Kier molecular flexibility index (Phi) is 4.65. The molecule has 0 atom stereocenters. The molecule has 0 aliphatic heterocycles. The van der Waals surface area contributed by atoms with Gasteiger partial charge in [-0.15, -0.1) is 0 Å². The fourth-order valence-corrected chi connectivity index (χ4v) is 1.91. The van der Waals surface area contributed by atoms with Crippen molar-refractivity contribution in [2.45, 2.75) is 12.8 Å². The predicted octanol–water partition coefficient (Wildman–Crippen LogP) is 2.60. The number of amides is 1. The summed E-state index contributed by atoms with van der Waals surface area (Å²) in [6.07, 6.45) is 2.96. The lowest BCUT2D eigenvalue weighted by Crippen LogP contribution is -2.12. The van der Waals surface area contributed by atoms with E-state index in [0.717, 1.165) is 5.69 Å². The molecule has 2 rings (SSSR count). The summed E-state index contributed by atoms with van der Waals surface area (Å²) in [4.78, 5) is 14.9. The first-order valence-corrected chi connectivity index (χ1v) is 6.37. The van der Waals surface area contributed by atoms with Gasteiger partial charge in [0.2, 0.25) is 5.91 Å². The van der Waals surface area contributed by atoms with Crippen molar-refractivity contribution in [2.24, 2.45) is 0 Å². The summed E-state index contributed by atoms with van der Waals surface area (Å²) in [5, 5.41) is 2.84. The molecule has 0 fully saturated rings. The van der Waals surface area contributed by atoms with E-state index in [0.29, 0.717) is 30.0 Å². The third kappa shape index (κ3) is 3.54. The van der Waals surface area contributed by atoms with E-state index in [-0.39, 0.29) is 5.91 Å². The van der Waals surface area contributed by atoms with Gasteiger partial charge in [-0.1, -0.05) is 0 Å². The molecular weight excluding hydrogens is 256 g/mol. The van der Waals surface area contributed by atoms with Crippen molar-refractivity contribution in [1.29, 1.82) is 0 Å². The Labute approximate surface area is 117 Å². The highest BCUT2D eigenvalue weighted by molar-refractivity contribution is 5.91. The molecule has 0 saturated carbocycles. The summed E-state index contributed by atoms with van der Waals surface area (Å²) in [6, 6.07) is 9.17. The molecule has 2 N–H and O–H groups in total. The molecule has 0 aliphatic rings. The Bertz CT molecular complexity index is 565. The largest absolute Gasteiger partial charge is 0.493 e. The number of H-pyrrole nitrogens is 1. The van der Waals surface area contributed by atoms with Crippen molar-refractivity contribution in [3.8, 4) is 11.5 Å². The van der Waals surface area contributed by atoms with Crippen LogP contribution in [0.5, 0.6) is 11.5 Å². The van der Waals surface area contributed by atoms with Crippen molar-refractivity contribution in [1.82, 2.24) is 4.98 Å². The molecule has 2 aromatic rings. The van der Waals surface area contributed by atoms with Crippen LogP contribution in [-0.4, -0.2) is 25.1 Å². The van der Waals surface area contributed by atoms with Gasteiger partial charge in [0.15, 0.2) is 11.5 Å². The molecule has 1 heterocycles. The minimum Gasteiger partial charge on any atom is -0.493 e. The van der Waals surface area contributed by atoms with Crippen LogP contribution >= 0.6 is 0 Å². The standard InChI is InChI=1S/C15H18N2O3/c1-19-13-7-5-12(10-14(13)20-2)17-15(18)8-6-11-4-3-9-16-11/h3-5,7,9-10,16H,6,8H2,1-2H3,(H,17,18). The lowest BCUT2D eigenvalue weighted by Gasteiger charge is -2.10. The zero-order valence-electron chi connectivity index (χ0n) is 11.6. The van der Waals surface area contributed by atoms with Crippen molar-refractivity contribution in [2.75, 3.05) is 19.5 Å². The molecule has 106 valence electrons. The van der Waals surface area contributed by atoms with Crippen LogP contribution in [0.4, 0.5) is 5.69 Å². The van der Waals surface area contributed by atoms with Gasteiger partial charge in [0.05, 0.1) is 14.2 Å². The fourth-order valence-electron chi connectivity index (χ4n) is 1.91. The topological polar surface area (TPSA) is 63.3 Å². The first kappa shape index (κ1) is 14.0. The van der Waals surface area contributed by atoms with Gasteiger partial charge < -0.3 is 19.8 Å². The minimum absolute atomic E-state index is 0.0354. The average Bonchev–Trinajstić information content (AvgIpc) is 2.98. The van der Waals surface area contributed by atoms with E-state index >= 15 is 0 Å². The van der Waals surface area contributed by atoms with Gasteiger partial charge in [-0.3, -0.25) is 4.79 Å². The number of nitrogens with one attached hydrogen (secondary N) is 2. The molecule has 0 aliphatic carbocycles. The SMILES string of the molecule is COc1ccc(NC(=O)CCc2ccc[nH]2)cc1OC. The predicted molar refractivity (Wildman–Crippen MR) is 77.3 cm³/mol. The van der Waals surface area contributed by atoms with Crippen LogP contribution in [0.2, 0.25) is 0 Å². The molecule has 5 nitrogen and oxygen atoms in total. The summed E-state index contributed by atoms with van der Waals surface area (Å²) >= 11 is 0. The van der Waals surface area contributed by atoms with E-state index in [1.165, 1.54) is 0 Å². The zero-order chi connectivity index (χ0) is 14.4. The number of aromatic nitrogens is 1. The normalized spacial score (nSPS) is 10.1. The molecule has 5 heteroatoms. The third-order valence-corrected chi connectivity index (χ3v) is 2.95. The number of anilines is 1. The number of rotatable bonds is 6. The van der Waals surface area contributed by atoms with E-state index in [1.54, 1.807) is 32.4 Å². The molecule has 0 spiro atoms. The van der Waals surface area contributed by atoms with Gasteiger partial charge >= 0.3 is 0 Å². The van der Waals surface area contributed by atoms with Crippen LogP contribution < -0.4 is 14.8 Å². The maximum Gasteiger partial charge on any atom is 0.224 e.